The van der Waals surface area contributed by atoms with Gasteiger partial charge in [0.1, 0.15) is 11.2 Å². The third-order valence-corrected chi connectivity index (χ3v) is 2.91. The van der Waals surface area contributed by atoms with Crippen molar-refractivity contribution < 1.29 is 17.9 Å². The maximum Gasteiger partial charge on any atom is 0.421 e. The standard InChI is InChI=1S/C16H18F3N3O/c1-15(2,3)23-14-20-10-12(16(17,18)19)13(21-14)22(4)11-8-6-5-7-9-11/h5-10H,1-4H3. The molecule has 7 heteroatoms. The Balaban J connectivity index is 2.51. The second kappa shape index (κ2) is 6.06. The van der Waals surface area contributed by atoms with E-state index in [1.165, 1.54) is 11.9 Å². The molecule has 0 amide bonds. The van der Waals surface area contributed by atoms with Crippen molar-refractivity contribution >= 4 is 11.5 Å². The van der Waals surface area contributed by atoms with Crippen molar-refractivity contribution in [3.05, 3.63) is 42.1 Å². The SMILES string of the molecule is CN(c1ccccc1)c1nc(OC(C)(C)C)ncc1C(F)(F)F. The van der Waals surface area contributed by atoms with E-state index in [-0.39, 0.29) is 11.8 Å². The normalized spacial score (nSPS) is 12.1. The molecule has 23 heavy (non-hydrogen) atoms. The fourth-order valence-electron chi connectivity index (χ4n) is 1.91. The summed E-state index contributed by atoms with van der Waals surface area (Å²) < 4.78 is 45.2. The molecule has 1 aromatic heterocycles. The van der Waals surface area contributed by atoms with Crippen LogP contribution in [0.3, 0.4) is 0 Å². The first-order valence-corrected chi connectivity index (χ1v) is 7.00. The minimum Gasteiger partial charge on any atom is -0.458 e. The van der Waals surface area contributed by atoms with Crippen LogP contribution in [0.1, 0.15) is 26.3 Å². The molecule has 2 aromatic rings. The second-order valence-electron chi connectivity index (χ2n) is 6.00. The van der Waals surface area contributed by atoms with Crippen LogP contribution in [0.2, 0.25) is 0 Å². The summed E-state index contributed by atoms with van der Waals surface area (Å²) in [4.78, 5) is 9.02. The smallest absolute Gasteiger partial charge is 0.421 e. The molecule has 0 bridgehead atoms. The zero-order valence-electron chi connectivity index (χ0n) is 13.3. The molecule has 0 saturated heterocycles. The third kappa shape index (κ3) is 4.34. The van der Waals surface area contributed by atoms with E-state index in [9.17, 15) is 13.2 Å². The van der Waals surface area contributed by atoms with E-state index in [1.807, 2.05) is 0 Å². The predicted octanol–water partition coefficient (Wildman–Crippen LogP) is 4.44. The van der Waals surface area contributed by atoms with Gasteiger partial charge in [-0.2, -0.15) is 18.2 Å². The number of benzene rings is 1. The molecule has 0 N–H and O–H groups in total. The Labute approximate surface area is 132 Å². The Bertz CT molecular complexity index is 667. The molecule has 0 unspecified atom stereocenters. The van der Waals surface area contributed by atoms with Gasteiger partial charge >= 0.3 is 12.2 Å². The van der Waals surface area contributed by atoms with E-state index < -0.39 is 17.3 Å². The minimum atomic E-state index is -4.56. The summed E-state index contributed by atoms with van der Waals surface area (Å²) in [6, 6.07) is 8.58. The zero-order valence-corrected chi connectivity index (χ0v) is 13.3. The van der Waals surface area contributed by atoms with Crippen molar-refractivity contribution in [2.45, 2.75) is 32.5 Å². The van der Waals surface area contributed by atoms with E-state index in [0.29, 0.717) is 5.69 Å². The van der Waals surface area contributed by atoms with Gasteiger partial charge in [-0.25, -0.2) is 4.98 Å². The van der Waals surface area contributed by atoms with Gasteiger partial charge in [-0.3, -0.25) is 0 Å². The van der Waals surface area contributed by atoms with Crippen LogP contribution in [0.5, 0.6) is 6.01 Å². The molecule has 0 atom stereocenters. The van der Waals surface area contributed by atoms with Crippen LogP contribution >= 0.6 is 0 Å². The molecule has 0 radical (unpaired) electrons. The Hall–Kier alpha value is -2.31. The molecule has 0 saturated carbocycles. The number of aromatic nitrogens is 2. The maximum atomic E-state index is 13.2. The lowest BCUT2D eigenvalue weighted by molar-refractivity contribution is -0.137. The highest BCUT2D eigenvalue weighted by Crippen LogP contribution is 2.37. The molecule has 4 nitrogen and oxygen atoms in total. The summed E-state index contributed by atoms with van der Waals surface area (Å²) in [6.07, 6.45) is -3.80. The number of halogens is 3. The van der Waals surface area contributed by atoms with E-state index in [1.54, 1.807) is 51.1 Å². The monoisotopic (exact) mass is 325 g/mol. The first kappa shape index (κ1) is 17.1. The molecule has 0 aliphatic heterocycles. The lowest BCUT2D eigenvalue weighted by Gasteiger charge is -2.24. The summed E-state index contributed by atoms with van der Waals surface area (Å²) in [5, 5.41) is 0. The summed E-state index contributed by atoms with van der Waals surface area (Å²) in [6.45, 7) is 5.32. The number of nitrogens with zero attached hydrogens (tertiary/aromatic N) is 3. The summed E-state index contributed by atoms with van der Waals surface area (Å²) in [5.41, 5.74) is -0.939. The zero-order chi connectivity index (χ0) is 17.3. The Morgan fingerprint density at radius 2 is 1.65 bits per heavy atom. The van der Waals surface area contributed by atoms with Crippen LogP contribution in [-0.4, -0.2) is 22.6 Å². The average molecular weight is 325 g/mol. The molecule has 0 aliphatic rings. The van der Waals surface area contributed by atoms with Crippen molar-refractivity contribution in [2.24, 2.45) is 0 Å². The van der Waals surface area contributed by atoms with Gasteiger partial charge in [0.2, 0.25) is 0 Å². The maximum absolute atomic E-state index is 13.2. The molecule has 0 fully saturated rings. The molecular weight excluding hydrogens is 307 g/mol. The van der Waals surface area contributed by atoms with E-state index in [2.05, 4.69) is 9.97 Å². The van der Waals surface area contributed by atoms with E-state index >= 15 is 0 Å². The summed E-state index contributed by atoms with van der Waals surface area (Å²) in [7, 11) is 1.52. The van der Waals surface area contributed by atoms with Gasteiger partial charge in [0.25, 0.3) is 0 Å². The second-order valence-corrected chi connectivity index (χ2v) is 6.00. The molecule has 2 rings (SSSR count). The van der Waals surface area contributed by atoms with E-state index in [0.717, 1.165) is 6.20 Å². The van der Waals surface area contributed by atoms with Crippen LogP contribution in [0.4, 0.5) is 24.7 Å². The van der Waals surface area contributed by atoms with Crippen molar-refractivity contribution in [2.75, 3.05) is 11.9 Å². The number of hydrogen-bond donors (Lipinski definition) is 0. The average Bonchev–Trinajstić information content (AvgIpc) is 2.44. The number of anilines is 2. The van der Waals surface area contributed by atoms with Crippen molar-refractivity contribution in [1.82, 2.24) is 9.97 Å². The largest absolute Gasteiger partial charge is 0.458 e. The Morgan fingerprint density at radius 1 is 1.04 bits per heavy atom. The highest BCUT2D eigenvalue weighted by Gasteiger charge is 2.37. The minimum absolute atomic E-state index is 0.0942. The highest BCUT2D eigenvalue weighted by molar-refractivity contribution is 5.62. The molecule has 1 heterocycles. The van der Waals surface area contributed by atoms with Gasteiger partial charge < -0.3 is 9.64 Å². The Kier molecular flexibility index (Phi) is 4.49. The lowest BCUT2D eigenvalue weighted by Crippen LogP contribution is -2.25. The van der Waals surface area contributed by atoms with Crippen LogP contribution in [0.15, 0.2) is 36.5 Å². The molecule has 124 valence electrons. The number of alkyl halides is 3. The lowest BCUT2D eigenvalue weighted by atomic mass is 10.2. The highest BCUT2D eigenvalue weighted by atomic mass is 19.4. The van der Waals surface area contributed by atoms with Gasteiger partial charge in [-0.15, -0.1) is 0 Å². The Morgan fingerprint density at radius 3 is 2.17 bits per heavy atom. The third-order valence-electron chi connectivity index (χ3n) is 2.91. The van der Waals surface area contributed by atoms with Crippen molar-refractivity contribution in [3.63, 3.8) is 0 Å². The van der Waals surface area contributed by atoms with Gasteiger partial charge in [0, 0.05) is 18.9 Å². The van der Waals surface area contributed by atoms with Crippen LogP contribution < -0.4 is 9.64 Å². The quantitative estimate of drug-likeness (QED) is 0.836. The van der Waals surface area contributed by atoms with Gasteiger partial charge in [-0.1, -0.05) is 18.2 Å². The molecular formula is C16H18F3N3O. The summed E-state index contributed by atoms with van der Waals surface area (Å²) >= 11 is 0. The number of para-hydroxylation sites is 1. The van der Waals surface area contributed by atoms with Gasteiger partial charge in [-0.05, 0) is 32.9 Å². The number of hydrogen-bond acceptors (Lipinski definition) is 4. The number of ether oxygens (including phenoxy) is 1. The summed E-state index contributed by atoms with van der Waals surface area (Å²) in [5.74, 6) is -0.252. The van der Waals surface area contributed by atoms with Gasteiger partial charge in [0.05, 0.1) is 0 Å². The van der Waals surface area contributed by atoms with Crippen molar-refractivity contribution in [1.29, 1.82) is 0 Å². The van der Waals surface area contributed by atoms with E-state index in [4.69, 9.17) is 4.74 Å². The van der Waals surface area contributed by atoms with Crippen LogP contribution in [0.25, 0.3) is 0 Å². The first-order valence-electron chi connectivity index (χ1n) is 7.00. The van der Waals surface area contributed by atoms with Gasteiger partial charge in [0.15, 0.2) is 5.82 Å². The van der Waals surface area contributed by atoms with Crippen LogP contribution in [-0.2, 0) is 6.18 Å². The topological polar surface area (TPSA) is 38.2 Å². The fourth-order valence-corrected chi connectivity index (χ4v) is 1.91. The number of rotatable bonds is 3. The molecule has 0 aliphatic carbocycles. The van der Waals surface area contributed by atoms with Crippen LogP contribution in [0, 0.1) is 0 Å². The van der Waals surface area contributed by atoms with Crippen molar-refractivity contribution in [3.8, 4) is 6.01 Å². The molecule has 0 spiro atoms. The first-order chi connectivity index (χ1) is 10.6. The molecule has 1 aromatic carbocycles. The predicted molar refractivity (Wildman–Crippen MR) is 81.9 cm³/mol. The fraction of sp³-hybridized carbons (Fsp3) is 0.375.